The van der Waals surface area contributed by atoms with Gasteiger partial charge in [0.05, 0.1) is 23.0 Å². The zero-order chi connectivity index (χ0) is 41.5. The quantitative estimate of drug-likeness (QED) is 0.161. The van der Waals surface area contributed by atoms with Gasteiger partial charge in [-0.05, 0) is 116 Å². The van der Waals surface area contributed by atoms with E-state index in [4.69, 9.17) is 9.97 Å². The fourth-order valence-electron chi connectivity index (χ4n) is 9.95. The van der Waals surface area contributed by atoms with Crippen LogP contribution in [0.4, 0.5) is 0 Å². The van der Waals surface area contributed by atoms with Crippen molar-refractivity contribution in [2.45, 2.75) is 37.5 Å². The van der Waals surface area contributed by atoms with Gasteiger partial charge in [0.1, 0.15) is 0 Å². The summed E-state index contributed by atoms with van der Waals surface area (Å²) in [6.07, 6.45) is 6.01. The van der Waals surface area contributed by atoms with Crippen LogP contribution in [0.25, 0.3) is 89.5 Å². The van der Waals surface area contributed by atoms with Gasteiger partial charge in [-0.15, -0.1) is 0 Å². The Hall–Kier alpha value is -7.67. The van der Waals surface area contributed by atoms with Crippen molar-refractivity contribution in [2.75, 3.05) is 0 Å². The van der Waals surface area contributed by atoms with Crippen LogP contribution < -0.4 is 0 Å². The second kappa shape index (κ2) is 15.7. The average Bonchev–Trinajstić information content (AvgIpc) is 3.61. The van der Waals surface area contributed by atoms with Crippen LogP contribution in [0.15, 0.2) is 200 Å². The monoisotopic (exact) mass is 793 g/mol. The van der Waals surface area contributed by atoms with Gasteiger partial charge in [0.2, 0.25) is 0 Å². The van der Waals surface area contributed by atoms with Crippen molar-refractivity contribution in [3.05, 3.63) is 217 Å². The van der Waals surface area contributed by atoms with Crippen molar-refractivity contribution in [1.29, 1.82) is 5.26 Å². The maximum absolute atomic E-state index is 9.76. The van der Waals surface area contributed by atoms with E-state index in [1.807, 2.05) is 30.3 Å². The largest absolute Gasteiger partial charge is 0.228 e. The summed E-state index contributed by atoms with van der Waals surface area (Å²) in [5.74, 6) is 0.703. The zero-order valence-electron chi connectivity index (χ0n) is 34.4. The smallest absolute Gasteiger partial charge is 0.160 e. The highest BCUT2D eigenvalue weighted by molar-refractivity contribution is 5.85. The Kier molecular flexibility index (Phi) is 9.48. The van der Waals surface area contributed by atoms with Crippen molar-refractivity contribution in [3.8, 4) is 95.6 Å². The molecule has 0 N–H and O–H groups in total. The highest BCUT2D eigenvalue weighted by Crippen LogP contribution is 2.56. The normalized spacial score (nSPS) is 13.6. The number of benzene rings is 8. The third-order valence-electron chi connectivity index (χ3n) is 13.1. The summed E-state index contributed by atoms with van der Waals surface area (Å²) in [5, 5.41) is 9.76. The molecule has 0 amide bonds. The van der Waals surface area contributed by atoms with Crippen LogP contribution in [0.3, 0.4) is 0 Å². The van der Waals surface area contributed by atoms with Crippen molar-refractivity contribution >= 4 is 0 Å². The molecular formula is C59H43N3. The van der Waals surface area contributed by atoms with Crippen LogP contribution in [0.5, 0.6) is 0 Å². The molecule has 1 saturated carbocycles. The van der Waals surface area contributed by atoms with Crippen LogP contribution in [-0.4, -0.2) is 9.97 Å². The third kappa shape index (κ3) is 6.81. The summed E-state index contributed by atoms with van der Waals surface area (Å²) in [5.41, 5.74) is 20.5. The molecule has 0 radical (unpaired) electrons. The highest BCUT2D eigenvalue weighted by Gasteiger charge is 2.44. The van der Waals surface area contributed by atoms with Gasteiger partial charge < -0.3 is 0 Å². The molecule has 294 valence electrons. The molecule has 1 fully saturated rings. The molecule has 8 aromatic carbocycles. The minimum Gasteiger partial charge on any atom is -0.228 e. The van der Waals surface area contributed by atoms with Gasteiger partial charge in [0.25, 0.3) is 0 Å². The minimum absolute atomic E-state index is 0.00149. The summed E-state index contributed by atoms with van der Waals surface area (Å²) in [6, 6.07) is 73.8. The minimum atomic E-state index is -0.00149. The van der Waals surface area contributed by atoms with E-state index in [0.29, 0.717) is 5.82 Å². The molecule has 0 bridgehead atoms. The molecule has 3 nitrogen and oxygen atoms in total. The molecule has 0 saturated heterocycles. The Morgan fingerprint density at radius 2 is 0.790 bits per heavy atom. The van der Waals surface area contributed by atoms with Crippen LogP contribution in [0.2, 0.25) is 0 Å². The van der Waals surface area contributed by atoms with Gasteiger partial charge in [-0.3, -0.25) is 0 Å². The molecule has 2 aliphatic rings. The number of nitriles is 1. The SMILES string of the molecule is N#Cc1ccc2c(c1)C1(CCCCC1)c1cc(-c3ccc(-c4cccc(-c5cccc(-c6cc(-c7ccc(-c8ccccc8)cc7)nc(-c7ccccc7)n6)c5)c4)cc3)ccc1-2. The first-order valence-corrected chi connectivity index (χ1v) is 21.7. The molecule has 2 aliphatic carbocycles. The maximum Gasteiger partial charge on any atom is 0.160 e. The Morgan fingerprint density at radius 1 is 0.355 bits per heavy atom. The first-order valence-electron chi connectivity index (χ1n) is 21.7. The Morgan fingerprint density at radius 3 is 1.42 bits per heavy atom. The summed E-state index contributed by atoms with van der Waals surface area (Å²) < 4.78 is 0. The van der Waals surface area contributed by atoms with E-state index in [-0.39, 0.29) is 5.41 Å². The molecule has 0 aliphatic heterocycles. The fourth-order valence-corrected chi connectivity index (χ4v) is 9.95. The molecule has 1 spiro atoms. The van der Waals surface area contributed by atoms with Gasteiger partial charge in [-0.25, -0.2) is 9.97 Å². The molecule has 0 atom stereocenters. The van der Waals surface area contributed by atoms with Crippen LogP contribution in [-0.2, 0) is 5.41 Å². The van der Waals surface area contributed by atoms with E-state index in [1.54, 1.807) is 0 Å². The van der Waals surface area contributed by atoms with E-state index < -0.39 is 0 Å². The van der Waals surface area contributed by atoms with Gasteiger partial charge in [-0.1, -0.05) is 183 Å². The number of rotatable bonds is 7. The summed E-state index contributed by atoms with van der Waals surface area (Å²) in [6.45, 7) is 0. The van der Waals surface area contributed by atoms with Crippen molar-refractivity contribution < 1.29 is 0 Å². The Bertz CT molecular complexity index is 3140. The van der Waals surface area contributed by atoms with Crippen LogP contribution in [0, 0.1) is 11.3 Å². The van der Waals surface area contributed by atoms with E-state index in [1.165, 1.54) is 74.9 Å². The molecule has 1 heterocycles. The molecular weight excluding hydrogens is 751 g/mol. The fraction of sp³-hybridized carbons (Fsp3) is 0.102. The van der Waals surface area contributed by atoms with E-state index in [9.17, 15) is 5.26 Å². The first-order chi connectivity index (χ1) is 30.6. The predicted molar refractivity (Wildman–Crippen MR) is 254 cm³/mol. The maximum atomic E-state index is 9.76. The Balaban J connectivity index is 0.893. The molecule has 3 heteroatoms. The number of fused-ring (bicyclic) bond motifs is 5. The van der Waals surface area contributed by atoms with Gasteiger partial charge in [-0.2, -0.15) is 5.26 Å². The van der Waals surface area contributed by atoms with E-state index in [2.05, 4.69) is 176 Å². The average molecular weight is 794 g/mol. The zero-order valence-corrected chi connectivity index (χ0v) is 34.4. The molecule has 9 aromatic rings. The number of aromatic nitrogens is 2. The van der Waals surface area contributed by atoms with Crippen molar-refractivity contribution in [3.63, 3.8) is 0 Å². The van der Waals surface area contributed by atoms with Crippen molar-refractivity contribution in [1.82, 2.24) is 9.97 Å². The molecule has 11 rings (SSSR count). The Labute approximate surface area is 363 Å². The van der Waals surface area contributed by atoms with E-state index in [0.717, 1.165) is 57.6 Å². The summed E-state index contributed by atoms with van der Waals surface area (Å²) >= 11 is 0. The van der Waals surface area contributed by atoms with Crippen molar-refractivity contribution in [2.24, 2.45) is 0 Å². The molecule has 0 unspecified atom stereocenters. The second-order valence-corrected chi connectivity index (χ2v) is 16.8. The van der Waals surface area contributed by atoms with E-state index >= 15 is 0 Å². The topological polar surface area (TPSA) is 49.6 Å². The standard InChI is InChI=1S/C59H43N3/c60-39-40-20-30-52-53-31-29-50(37-55(53)59(54(52)34-40)32-8-3-9-33-59)44-23-21-43(22-24-44)47-16-10-17-48(35-47)49-18-11-19-51(36-49)57-38-56(61-58(62-57)46-14-6-2-7-15-46)45-27-25-42(26-28-45)41-12-4-1-5-13-41/h1-2,4-7,10-31,34-38H,3,8-9,32-33H2. The lowest BCUT2D eigenvalue weighted by atomic mass is 9.67. The third-order valence-corrected chi connectivity index (χ3v) is 13.1. The van der Waals surface area contributed by atoms with Crippen LogP contribution >= 0.6 is 0 Å². The van der Waals surface area contributed by atoms with Gasteiger partial charge >= 0.3 is 0 Å². The lowest BCUT2D eigenvalue weighted by Crippen LogP contribution is -2.28. The second-order valence-electron chi connectivity index (χ2n) is 16.8. The lowest BCUT2D eigenvalue weighted by molar-refractivity contribution is 0.353. The summed E-state index contributed by atoms with van der Waals surface area (Å²) in [7, 11) is 0. The molecule has 62 heavy (non-hydrogen) atoms. The lowest BCUT2D eigenvalue weighted by Gasteiger charge is -2.36. The first kappa shape index (κ1) is 37.3. The number of hydrogen-bond acceptors (Lipinski definition) is 3. The van der Waals surface area contributed by atoms with Gasteiger partial charge in [0.15, 0.2) is 5.82 Å². The van der Waals surface area contributed by atoms with Crippen LogP contribution in [0.1, 0.15) is 48.8 Å². The molecule has 1 aromatic heterocycles. The number of hydrogen-bond donors (Lipinski definition) is 0. The summed E-state index contributed by atoms with van der Waals surface area (Å²) in [4.78, 5) is 10.2. The predicted octanol–water partition coefficient (Wildman–Crippen LogP) is 15.2. The number of nitrogens with zero attached hydrogens (tertiary/aromatic N) is 3. The highest BCUT2D eigenvalue weighted by atomic mass is 14.9. The van der Waals surface area contributed by atoms with Gasteiger partial charge in [0, 0.05) is 22.1 Å².